The molecule has 0 N–H and O–H groups in total. The molecule has 0 aliphatic carbocycles. The molecular weight excluding hydrogens is 507 g/mol. The molecule has 0 aliphatic rings. The predicted molar refractivity (Wildman–Crippen MR) is 142 cm³/mol. The molecule has 0 radical (unpaired) electrons. The summed E-state index contributed by atoms with van der Waals surface area (Å²) in [6, 6.07) is 13.4. The van der Waals surface area contributed by atoms with E-state index in [0.29, 0.717) is 28.9 Å². The second-order valence-corrected chi connectivity index (χ2v) is 10.2. The molecule has 4 rings (SSSR count). The number of nitrogens with zero attached hydrogens (tertiary/aromatic N) is 4. The number of thiazole rings is 1. The molecule has 5 nitrogen and oxygen atoms in total. The van der Waals surface area contributed by atoms with Gasteiger partial charge in [0.1, 0.15) is 16.6 Å². The summed E-state index contributed by atoms with van der Waals surface area (Å²) in [5.41, 5.74) is 2.98. The molecule has 0 saturated heterocycles. The van der Waals surface area contributed by atoms with Gasteiger partial charge in [0, 0.05) is 34.7 Å². The average molecular weight is 532 g/mol. The summed E-state index contributed by atoms with van der Waals surface area (Å²) in [6.45, 7) is 7.13. The molecule has 0 unspecified atom stereocenters. The fourth-order valence-electron chi connectivity index (χ4n) is 3.38. The fourth-order valence-corrected chi connectivity index (χ4v) is 5.71. The lowest BCUT2D eigenvalue weighted by Crippen LogP contribution is -2.07. The molecule has 34 heavy (non-hydrogen) atoms. The number of benzene rings is 2. The molecule has 9 heteroatoms. The Balaban J connectivity index is 1.35. The van der Waals surface area contributed by atoms with Gasteiger partial charge in [-0.2, -0.15) is 0 Å². The third-order valence-corrected chi connectivity index (χ3v) is 7.54. The van der Waals surface area contributed by atoms with Gasteiger partial charge in [-0.05, 0) is 43.2 Å². The number of hydrogen-bond donors (Lipinski definition) is 0. The Bertz CT molecular complexity index is 1270. The van der Waals surface area contributed by atoms with Crippen molar-refractivity contribution in [2.45, 2.75) is 37.2 Å². The summed E-state index contributed by atoms with van der Waals surface area (Å²) in [5.74, 6) is 2.48. The zero-order chi connectivity index (χ0) is 23.9. The van der Waals surface area contributed by atoms with E-state index in [-0.39, 0.29) is 0 Å². The number of aromatic nitrogens is 4. The van der Waals surface area contributed by atoms with Gasteiger partial charge in [-0.3, -0.25) is 0 Å². The van der Waals surface area contributed by atoms with Crippen LogP contribution in [0.25, 0.3) is 10.6 Å². The molecule has 176 valence electrons. The van der Waals surface area contributed by atoms with Crippen molar-refractivity contribution in [2.24, 2.45) is 0 Å². The number of halogens is 2. The lowest BCUT2D eigenvalue weighted by Gasteiger charge is -2.10. The van der Waals surface area contributed by atoms with E-state index in [1.165, 1.54) is 0 Å². The van der Waals surface area contributed by atoms with E-state index in [9.17, 15) is 0 Å². The molecule has 0 bridgehead atoms. The summed E-state index contributed by atoms with van der Waals surface area (Å²) in [5, 5.41) is 14.1. The van der Waals surface area contributed by atoms with Crippen molar-refractivity contribution < 1.29 is 4.74 Å². The first kappa shape index (κ1) is 24.8. The predicted octanol–water partition coefficient (Wildman–Crippen LogP) is 7.51. The van der Waals surface area contributed by atoms with E-state index < -0.39 is 0 Å². The maximum Gasteiger partial charge on any atom is 0.191 e. The van der Waals surface area contributed by atoms with E-state index in [4.69, 9.17) is 32.9 Å². The van der Waals surface area contributed by atoms with Gasteiger partial charge in [-0.25, -0.2) is 4.98 Å². The Hall–Kier alpha value is -2.32. The average Bonchev–Trinajstić information content (AvgIpc) is 3.44. The van der Waals surface area contributed by atoms with Crippen molar-refractivity contribution in [2.75, 3.05) is 6.61 Å². The van der Waals surface area contributed by atoms with Gasteiger partial charge in [0.2, 0.25) is 0 Å². The second kappa shape index (κ2) is 11.9. The third-order valence-electron chi connectivity index (χ3n) is 5.05. The summed E-state index contributed by atoms with van der Waals surface area (Å²) in [7, 11) is 0. The number of allylic oxidation sites excluding steroid dienone is 1. The van der Waals surface area contributed by atoms with Gasteiger partial charge in [0.05, 0.1) is 17.3 Å². The van der Waals surface area contributed by atoms with Crippen LogP contribution in [-0.4, -0.2) is 26.4 Å². The van der Waals surface area contributed by atoms with Crippen molar-refractivity contribution in [3.63, 3.8) is 0 Å². The quantitative estimate of drug-likeness (QED) is 0.114. The van der Waals surface area contributed by atoms with Gasteiger partial charge >= 0.3 is 0 Å². The number of aryl methyl sites for hydroxylation is 2. The highest BCUT2D eigenvalue weighted by Gasteiger charge is 2.14. The van der Waals surface area contributed by atoms with E-state index in [0.717, 1.165) is 51.4 Å². The zero-order valence-corrected chi connectivity index (χ0v) is 21.9. The van der Waals surface area contributed by atoms with Crippen LogP contribution in [0.1, 0.15) is 23.5 Å². The van der Waals surface area contributed by atoms with Crippen LogP contribution in [0.4, 0.5) is 0 Å². The van der Waals surface area contributed by atoms with Crippen LogP contribution >= 0.6 is 46.3 Å². The summed E-state index contributed by atoms with van der Waals surface area (Å²) >= 11 is 15.6. The van der Waals surface area contributed by atoms with Crippen LogP contribution in [0.3, 0.4) is 0 Å². The smallest absolute Gasteiger partial charge is 0.191 e. The lowest BCUT2D eigenvalue weighted by atomic mass is 10.2. The summed E-state index contributed by atoms with van der Waals surface area (Å²) < 4.78 is 8.02. The normalized spacial score (nSPS) is 11.0. The molecule has 0 fully saturated rings. The number of rotatable bonds is 11. The van der Waals surface area contributed by atoms with Crippen LogP contribution in [-0.2, 0) is 18.7 Å². The van der Waals surface area contributed by atoms with Crippen molar-refractivity contribution in [1.82, 2.24) is 19.7 Å². The molecular formula is C25H24Cl2N4OS2. The molecule has 2 heterocycles. The van der Waals surface area contributed by atoms with E-state index >= 15 is 0 Å². The number of ether oxygens (including phenoxy) is 1. The van der Waals surface area contributed by atoms with Crippen LogP contribution in [0.15, 0.2) is 65.7 Å². The maximum atomic E-state index is 6.32. The highest BCUT2D eigenvalue weighted by molar-refractivity contribution is 7.98. The van der Waals surface area contributed by atoms with Crippen molar-refractivity contribution in [3.05, 3.63) is 87.6 Å². The van der Waals surface area contributed by atoms with Crippen molar-refractivity contribution in [3.8, 4) is 16.3 Å². The number of thioether (sulfide) groups is 1. The van der Waals surface area contributed by atoms with E-state index in [1.54, 1.807) is 23.1 Å². The largest absolute Gasteiger partial charge is 0.493 e. The first-order chi connectivity index (χ1) is 16.5. The highest BCUT2D eigenvalue weighted by Crippen LogP contribution is 2.32. The minimum absolute atomic E-state index is 0.593. The summed E-state index contributed by atoms with van der Waals surface area (Å²) in [6.07, 6.45) is 3.46. The van der Waals surface area contributed by atoms with Gasteiger partial charge in [0.15, 0.2) is 5.16 Å². The first-order valence-corrected chi connectivity index (χ1v) is 13.4. The lowest BCUT2D eigenvalue weighted by molar-refractivity contribution is 0.307. The maximum absolute atomic E-state index is 6.32. The Morgan fingerprint density at radius 3 is 2.82 bits per heavy atom. The molecule has 0 spiro atoms. The Labute approximate surface area is 217 Å². The van der Waals surface area contributed by atoms with Crippen LogP contribution in [0, 0.1) is 6.92 Å². The van der Waals surface area contributed by atoms with Crippen molar-refractivity contribution in [1.29, 1.82) is 0 Å². The van der Waals surface area contributed by atoms with Crippen LogP contribution < -0.4 is 4.74 Å². The monoisotopic (exact) mass is 530 g/mol. The Morgan fingerprint density at radius 2 is 2.03 bits per heavy atom. The summed E-state index contributed by atoms with van der Waals surface area (Å²) in [4.78, 5) is 4.75. The van der Waals surface area contributed by atoms with Crippen molar-refractivity contribution >= 4 is 46.3 Å². The standard InChI is InChI=1S/C25H24Cl2N4OS2/c1-3-12-31-23(9-6-13-32-22-11-10-18(26)14-17(22)2)29-30-25(31)34-16-19-15-33-24(28-19)20-7-4-5-8-21(20)27/h3-5,7-8,10-11,14-15H,1,6,9,12-13,16H2,2H3. The zero-order valence-electron chi connectivity index (χ0n) is 18.7. The molecule has 2 aromatic heterocycles. The SMILES string of the molecule is C=CCn1c(CCCOc2ccc(Cl)cc2C)nnc1SCc1csc(-c2ccccc2Cl)n1. The Morgan fingerprint density at radius 1 is 1.18 bits per heavy atom. The van der Waals surface area contributed by atoms with Crippen LogP contribution in [0.5, 0.6) is 5.75 Å². The topological polar surface area (TPSA) is 52.8 Å². The minimum atomic E-state index is 0.593. The Kier molecular flexibility index (Phi) is 8.67. The van der Waals surface area contributed by atoms with Gasteiger partial charge < -0.3 is 9.30 Å². The second-order valence-electron chi connectivity index (χ2n) is 7.57. The van der Waals surface area contributed by atoms with Gasteiger partial charge in [-0.1, -0.05) is 59.2 Å². The molecule has 4 aromatic rings. The van der Waals surface area contributed by atoms with E-state index in [2.05, 4.69) is 26.7 Å². The molecule has 0 aliphatic heterocycles. The molecule has 0 atom stereocenters. The minimum Gasteiger partial charge on any atom is -0.493 e. The fraction of sp³-hybridized carbons (Fsp3) is 0.240. The van der Waals surface area contributed by atoms with E-state index in [1.807, 2.05) is 55.5 Å². The highest BCUT2D eigenvalue weighted by atomic mass is 35.5. The number of hydrogen-bond acceptors (Lipinski definition) is 6. The molecule has 0 saturated carbocycles. The van der Waals surface area contributed by atoms with Gasteiger partial charge in [0.25, 0.3) is 0 Å². The molecule has 0 amide bonds. The first-order valence-electron chi connectivity index (χ1n) is 10.8. The van der Waals surface area contributed by atoms with Crippen LogP contribution in [0.2, 0.25) is 10.0 Å². The third kappa shape index (κ3) is 6.21. The molecule has 2 aromatic carbocycles. The van der Waals surface area contributed by atoms with Gasteiger partial charge in [-0.15, -0.1) is 28.1 Å².